The maximum Gasteiger partial charge on any atom is 0.256 e. The number of methoxy groups -OCH3 is 1. The topological polar surface area (TPSA) is 67.4 Å². The molecular weight excluding hydrogens is 316 g/mol. The van der Waals surface area contributed by atoms with Gasteiger partial charge < -0.3 is 15.0 Å². The van der Waals surface area contributed by atoms with Crippen molar-refractivity contribution >= 4 is 17.5 Å². The fourth-order valence-corrected chi connectivity index (χ4v) is 2.58. The zero-order valence-electron chi connectivity index (χ0n) is 15.4. The standard InChI is InChI=1S/C19H26N4O2/c1-5-9-23(10-6-2)18(24)15-12-20-19(21-13-15)22-16-11-14(3)7-8-17(16)25-4/h7-8,11-13H,5-6,9-10H2,1-4H3,(H,20,21,22). The molecule has 0 aliphatic rings. The van der Waals surface area contributed by atoms with Crippen molar-refractivity contribution in [2.45, 2.75) is 33.6 Å². The molecule has 0 unspecified atom stereocenters. The molecule has 1 heterocycles. The van der Waals surface area contributed by atoms with Crippen LogP contribution in [0.5, 0.6) is 5.75 Å². The van der Waals surface area contributed by atoms with E-state index in [4.69, 9.17) is 4.74 Å². The van der Waals surface area contributed by atoms with Crippen molar-refractivity contribution in [2.24, 2.45) is 0 Å². The van der Waals surface area contributed by atoms with Crippen molar-refractivity contribution in [3.05, 3.63) is 41.7 Å². The van der Waals surface area contributed by atoms with Gasteiger partial charge in [-0.25, -0.2) is 9.97 Å². The first-order valence-corrected chi connectivity index (χ1v) is 8.62. The lowest BCUT2D eigenvalue weighted by atomic mass is 10.2. The Morgan fingerprint density at radius 1 is 1.16 bits per heavy atom. The minimum absolute atomic E-state index is 0.0246. The number of ether oxygens (including phenoxy) is 1. The molecule has 6 heteroatoms. The summed E-state index contributed by atoms with van der Waals surface area (Å²) in [5.74, 6) is 1.12. The van der Waals surface area contributed by atoms with E-state index in [2.05, 4.69) is 29.1 Å². The van der Waals surface area contributed by atoms with Crippen molar-refractivity contribution in [3.63, 3.8) is 0 Å². The van der Waals surface area contributed by atoms with E-state index in [9.17, 15) is 4.79 Å². The molecule has 25 heavy (non-hydrogen) atoms. The molecule has 0 aliphatic carbocycles. The lowest BCUT2D eigenvalue weighted by Gasteiger charge is -2.21. The monoisotopic (exact) mass is 342 g/mol. The molecule has 2 rings (SSSR count). The summed E-state index contributed by atoms with van der Waals surface area (Å²) in [6, 6.07) is 5.83. The van der Waals surface area contributed by atoms with Crippen molar-refractivity contribution in [1.29, 1.82) is 0 Å². The number of benzene rings is 1. The zero-order chi connectivity index (χ0) is 18.2. The van der Waals surface area contributed by atoms with Crippen LogP contribution in [0.25, 0.3) is 0 Å². The second-order valence-corrected chi connectivity index (χ2v) is 5.92. The van der Waals surface area contributed by atoms with Crippen molar-refractivity contribution < 1.29 is 9.53 Å². The molecule has 1 amide bonds. The Morgan fingerprint density at radius 3 is 2.36 bits per heavy atom. The summed E-state index contributed by atoms with van der Waals surface area (Å²) in [5, 5.41) is 3.14. The normalized spacial score (nSPS) is 10.4. The quantitative estimate of drug-likeness (QED) is 0.790. The average Bonchev–Trinajstić information content (AvgIpc) is 2.62. The van der Waals surface area contributed by atoms with Crippen LogP contribution >= 0.6 is 0 Å². The van der Waals surface area contributed by atoms with E-state index in [1.54, 1.807) is 19.5 Å². The first-order valence-electron chi connectivity index (χ1n) is 8.62. The summed E-state index contributed by atoms with van der Waals surface area (Å²) >= 11 is 0. The van der Waals surface area contributed by atoms with Gasteiger partial charge in [-0.1, -0.05) is 19.9 Å². The summed E-state index contributed by atoms with van der Waals surface area (Å²) in [5.41, 5.74) is 2.40. The Balaban J connectivity index is 2.14. The van der Waals surface area contributed by atoms with Gasteiger partial charge in [0, 0.05) is 25.5 Å². The van der Waals surface area contributed by atoms with E-state index < -0.39 is 0 Å². The average molecular weight is 342 g/mol. The van der Waals surface area contributed by atoms with Crippen LogP contribution in [0.15, 0.2) is 30.6 Å². The molecule has 0 fully saturated rings. The summed E-state index contributed by atoms with van der Waals surface area (Å²) in [6.45, 7) is 7.62. The molecule has 0 spiro atoms. The largest absolute Gasteiger partial charge is 0.495 e. The number of nitrogens with one attached hydrogen (secondary N) is 1. The molecule has 1 aromatic heterocycles. The highest BCUT2D eigenvalue weighted by atomic mass is 16.5. The van der Waals surface area contributed by atoms with Crippen LogP contribution < -0.4 is 10.1 Å². The molecule has 1 aromatic carbocycles. The number of carbonyl (C=O) groups excluding carboxylic acids is 1. The van der Waals surface area contributed by atoms with Gasteiger partial charge in [0.05, 0.1) is 18.4 Å². The molecule has 0 atom stereocenters. The maximum absolute atomic E-state index is 12.5. The lowest BCUT2D eigenvalue weighted by Crippen LogP contribution is -2.32. The van der Waals surface area contributed by atoms with Gasteiger partial charge in [-0.2, -0.15) is 0 Å². The molecule has 0 saturated heterocycles. The Morgan fingerprint density at radius 2 is 1.80 bits per heavy atom. The van der Waals surface area contributed by atoms with Gasteiger partial charge in [-0.15, -0.1) is 0 Å². The molecule has 1 N–H and O–H groups in total. The second kappa shape index (κ2) is 9.01. The lowest BCUT2D eigenvalue weighted by molar-refractivity contribution is 0.0754. The molecule has 0 bridgehead atoms. The Hall–Kier alpha value is -2.63. The number of aromatic nitrogens is 2. The van der Waals surface area contributed by atoms with Crippen LogP contribution in [0.3, 0.4) is 0 Å². The highest BCUT2D eigenvalue weighted by Crippen LogP contribution is 2.27. The predicted molar refractivity (Wildman–Crippen MR) is 99.5 cm³/mol. The van der Waals surface area contributed by atoms with Gasteiger partial charge in [0.2, 0.25) is 5.95 Å². The summed E-state index contributed by atoms with van der Waals surface area (Å²) < 4.78 is 5.34. The molecular formula is C19H26N4O2. The number of hydrogen-bond acceptors (Lipinski definition) is 5. The molecule has 2 aromatic rings. The fourth-order valence-electron chi connectivity index (χ4n) is 2.58. The maximum atomic E-state index is 12.5. The predicted octanol–water partition coefficient (Wildman–Crippen LogP) is 3.80. The van der Waals surface area contributed by atoms with E-state index in [1.165, 1.54) is 0 Å². The van der Waals surface area contributed by atoms with E-state index in [-0.39, 0.29) is 5.91 Å². The summed E-state index contributed by atoms with van der Waals surface area (Å²) in [6.07, 6.45) is 5.00. The van der Waals surface area contributed by atoms with Gasteiger partial charge in [0.1, 0.15) is 5.75 Å². The summed E-state index contributed by atoms with van der Waals surface area (Å²) in [4.78, 5) is 22.9. The highest BCUT2D eigenvalue weighted by molar-refractivity contribution is 5.93. The third kappa shape index (κ3) is 4.92. The summed E-state index contributed by atoms with van der Waals surface area (Å²) in [7, 11) is 1.62. The van der Waals surface area contributed by atoms with Gasteiger partial charge in [0.15, 0.2) is 0 Å². The van der Waals surface area contributed by atoms with Crippen LogP contribution in [0.2, 0.25) is 0 Å². The molecule has 0 aliphatic heterocycles. The second-order valence-electron chi connectivity index (χ2n) is 5.92. The Kier molecular flexibility index (Phi) is 6.74. The molecule has 0 saturated carbocycles. The van der Waals surface area contributed by atoms with Crippen molar-refractivity contribution in [1.82, 2.24) is 14.9 Å². The SMILES string of the molecule is CCCN(CCC)C(=O)c1cnc(Nc2cc(C)ccc2OC)nc1. The number of hydrogen-bond donors (Lipinski definition) is 1. The zero-order valence-corrected chi connectivity index (χ0v) is 15.4. The Bertz CT molecular complexity index is 695. The van der Waals surface area contributed by atoms with Gasteiger partial charge >= 0.3 is 0 Å². The fraction of sp³-hybridized carbons (Fsp3) is 0.421. The molecule has 0 radical (unpaired) electrons. The number of rotatable bonds is 8. The van der Waals surface area contributed by atoms with Crippen molar-refractivity contribution in [3.8, 4) is 5.75 Å². The number of anilines is 2. The van der Waals surface area contributed by atoms with Crippen molar-refractivity contribution in [2.75, 3.05) is 25.5 Å². The number of amides is 1. The van der Waals surface area contributed by atoms with Crippen LogP contribution in [-0.2, 0) is 0 Å². The van der Waals surface area contributed by atoms with Gasteiger partial charge in [-0.05, 0) is 37.5 Å². The van der Waals surface area contributed by atoms with Crippen LogP contribution in [0, 0.1) is 6.92 Å². The van der Waals surface area contributed by atoms with Gasteiger partial charge in [0.25, 0.3) is 5.91 Å². The van der Waals surface area contributed by atoms with Crippen LogP contribution in [-0.4, -0.2) is 41.0 Å². The number of nitrogens with zero attached hydrogens (tertiary/aromatic N) is 3. The molecule has 6 nitrogen and oxygen atoms in total. The van der Waals surface area contributed by atoms with Crippen LogP contribution in [0.4, 0.5) is 11.6 Å². The first-order chi connectivity index (χ1) is 12.1. The third-order valence-corrected chi connectivity index (χ3v) is 3.77. The van der Waals surface area contributed by atoms with Crippen LogP contribution in [0.1, 0.15) is 42.6 Å². The number of aryl methyl sites for hydroxylation is 1. The van der Waals surface area contributed by atoms with E-state index in [0.29, 0.717) is 17.3 Å². The highest BCUT2D eigenvalue weighted by Gasteiger charge is 2.15. The van der Waals surface area contributed by atoms with E-state index in [0.717, 1.165) is 37.2 Å². The minimum Gasteiger partial charge on any atom is -0.495 e. The Labute approximate surface area is 149 Å². The van der Waals surface area contributed by atoms with E-state index in [1.807, 2.05) is 30.0 Å². The minimum atomic E-state index is -0.0246. The smallest absolute Gasteiger partial charge is 0.256 e. The van der Waals surface area contributed by atoms with Gasteiger partial charge in [-0.3, -0.25) is 4.79 Å². The first kappa shape index (κ1) is 18.7. The third-order valence-electron chi connectivity index (χ3n) is 3.77. The van der Waals surface area contributed by atoms with E-state index >= 15 is 0 Å². The number of carbonyl (C=O) groups is 1. The molecule has 134 valence electrons.